The number of carbonyl (C=O) groups excluding carboxylic acids is 2. The first kappa shape index (κ1) is 19.1. The van der Waals surface area contributed by atoms with Crippen LogP contribution in [0.15, 0.2) is 29.2 Å². The Morgan fingerprint density at radius 2 is 1.92 bits per heavy atom. The van der Waals surface area contributed by atoms with E-state index in [9.17, 15) is 9.59 Å². The lowest BCUT2D eigenvalue weighted by atomic mass is 10.0. The van der Waals surface area contributed by atoms with Crippen molar-refractivity contribution in [3.63, 3.8) is 0 Å². The largest absolute Gasteiger partial charge is 0.353 e. The number of hydrogen-bond donors (Lipinski definition) is 2. The van der Waals surface area contributed by atoms with Crippen molar-refractivity contribution in [3.05, 3.63) is 24.3 Å². The number of nitrogens with zero attached hydrogens (tertiary/aromatic N) is 1. The molecule has 0 aliphatic carbocycles. The summed E-state index contributed by atoms with van der Waals surface area (Å²) in [5.41, 5.74) is 0.880. The summed E-state index contributed by atoms with van der Waals surface area (Å²) < 4.78 is 0. The standard InChI is InChI=1S/C17H23N3O2S.ClH/c1-23-15-4-2-14(3-5-15)20-11-12(10-16(20)21)17(22)19-13-6-8-18-9-7-13;/h2-5,12-13,18H,6-11H2,1H3,(H,19,22);1H. The maximum atomic E-state index is 12.4. The number of carbonyl (C=O) groups is 2. The molecule has 24 heavy (non-hydrogen) atoms. The highest BCUT2D eigenvalue weighted by atomic mass is 35.5. The molecule has 0 bridgehead atoms. The molecular weight excluding hydrogens is 346 g/mol. The molecule has 3 rings (SSSR count). The summed E-state index contributed by atoms with van der Waals surface area (Å²) >= 11 is 1.67. The molecule has 1 unspecified atom stereocenters. The van der Waals surface area contributed by atoms with E-state index in [1.165, 1.54) is 4.90 Å². The minimum absolute atomic E-state index is 0. The Hall–Kier alpha value is -1.24. The van der Waals surface area contributed by atoms with Crippen LogP contribution in [0, 0.1) is 5.92 Å². The molecule has 2 heterocycles. The molecule has 2 amide bonds. The van der Waals surface area contributed by atoms with Gasteiger partial charge in [-0.2, -0.15) is 0 Å². The number of amides is 2. The zero-order valence-corrected chi connectivity index (χ0v) is 15.4. The lowest BCUT2D eigenvalue weighted by Gasteiger charge is -2.25. The molecule has 2 aliphatic rings. The van der Waals surface area contributed by atoms with E-state index in [4.69, 9.17) is 0 Å². The van der Waals surface area contributed by atoms with Gasteiger partial charge in [-0.15, -0.1) is 24.2 Å². The fourth-order valence-corrected chi connectivity index (χ4v) is 3.59. The fraction of sp³-hybridized carbons (Fsp3) is 0.529. The second-order valence-corrected chi connectivity index (χ2v) is 7.02. The SMILES string of the molecule is CSc1ccc(N2CC(C(=O)NC3CCNCC3)CC2=O)cc1.Cl. The molecule has 0 aromatic heterocycles. The Labute approximate surface area is 153 Å². The molecule has 0 saturated carbocycles. The molecule has 0 spiro atoms. The van der Waals surface area contributed by atoms with E-state index in [1.54, 1.807) is 16.7 Å². The highest BCUT2D eigenvalue weighted by Gasteiger charge is 2.35. The third kappa shape index (κ3) is 4.43. The number of thioether (sulfide) groups is 1. The van der Waals surface area contributed by atoms with Gasteiger partial charge < -0.3 is 15.5 Å². The van der Waals surface area contributed by atoms with Crippen molar-refractivity contribution >= 4 is 41.7 Å². The predicted molar refractivity (Wildman–Crippen MR) is 100.0 cm³/mol. The van der Waals surface area contributed by atoms with Crippen molar-refractivity contribution in [2.75, 3.05) is 30.8 Å². The number of anilines is 1. The van der Waals surface area contributed by atoms with Gasteiger partial charge in [-0.05, 0) is 56.5 Å². The van der Waals surface area contributed by atoms with Crippen LogP contribution in [0.2, 0.25) is 0 Å². The zero-order valence-electron chi connectivity index (χ0n) is 13.8. The Morgan fingerprint density at radius 1 is 1.25 bits per heavy atom. The zero-order chi connectivity index (χ0) is 16.2. The monoisotopic (exact) mass is 369 g/mol. The van der Waals surface area contributed by atoms with Gasteiger partial charge in [0.15, 0.2) is 0 Å². The van der Waals surface area contributed by atoms with E-state index in [-0.39, 0.29) is 36.2 Å². The first-order valence-electron chi connectivity index (χ1n) is 8.13. The van der Waals surface area contributed by atoms with Crippen LogP contribution in [0.5, 0.6) is 0 Å². The Morgan fingerprint density at radius 3 is 2.54 bits per heavy atom. The van der Waals surface area contributed by atoms with Gasteiger partial charge >= 0.3 is 0 Å². The van der Waals surface area contributed by atoms with Crippen molar-refractivity contribution in [2.24, 2.45) is 5.92 Å². The van der Waals surface area contributed by atoms with Gasteiger partial charge in [0.2, 0.25) is 11.8 Å². The average molecular weight is 370 g/mol. The first-order chi connectivity index (χ1) is 11.2. The predicted octanol–water partition coefficient (Wildman–Crippen LogP) is 2.05. The van der Waals surface area contributed by atoms with Gasteiger partial charge in [0.1, 0.15) is 0 Å². The van der Waals surface area contributed by atoms with E-state index in [1.807, 2.05) is 30.5 Å². The smallest absolute Gasteiger partial charge is 0.227 e. The number of hydrogen-bond acceptors (Lipinski definition) is 4. The first-order valence-corrected chi connectivity index (χ1v) is 9.35. The van der Waals surface area contributed by atoms with Crippen molar-refractivity contribution < 1.29 is 9.59 Å². The minimum atomic E-state index is -0.238. The van der Waals surface area contributed by atoms with Crippen molar-refractivity contribution in [2.45, 2.75) is 30.2 Å². The van der Waals surface area contributed by atoms with Crippen LogP contribution in [-0.4, -0.2) is 43.7 Å². The summed E-state index contributed by atoms with van der Waals surface area (Å²) in [6.07, 6.45) is 4.26. The molecule has 2 aliphatic heterocycles. The van der Waals surface area contributed by atoms with Gasteiger partial charge in [0.05, 0.1) is 5.92 Å². The Kier molecular flexibility index (Phi) is 6.95. The van der Waals surface area contributed by atoms with Crippen molar-refractivity contribution in [1.82, 2.24) is 10.6 Å². The van der Waals surface area contributed by atoms with Crippen LogP contribution in [-0.2, 0) is 9.59 Å². The van der Waals surface area contributed by atoms with E-state index < -0.39 is 0 Å². The number of piperidine rings is 1. The summed E-state index contributed by atoms with van der Waals surface area (Å²) in [6, 6.07) is 8.17. The molecule has 1 aromatic rings. The van der Waals surface area contributed by atoms with E-state index >= 15 is 0 Å². The molecule has 132 valence electrons. The summed E-state index contributed by atoms with van der Waals surface area (Å²) in [5, 5.41) is 6.40. The lowest BCUT2D eigenvalue weighted by molar-refractivity contribution is -0.127. The quantitative estimate of drug-likeness (QED) is 0.797. The molecule has 7 heteroatoms. The van der Waals surface area contributed by atoms with E-state index in [0.717, 1.165) is 31.6 Å². The van der Waals surface area contributed by atoms with Crippen molar-refractivity contribution in [3.8, 4) is 0 Å². The highest BCUT2D eigenvalue weighted by molar-refractivity contribution is 7.98. The molecule has 2 saturated heterocycles. The fourth-order valence-electron chi connectivity index (χ4n) is 3.18. The summed E-state index contributed by atoms with van der Waals surface area (Å²) in [5.74, 6) is -0.182. The van der Waals surface area contributed by atoms with Gasteiger partial charge in [-0.1, -0.05) is 0 Å². The van der Waals surface area contributed by atoms with Crippen LogP contribution in [0.4, 0.5) is 5.69 Å². The van der Waals surface area contributed by atoms with Gasteiger partial charge in [-0.3, -0.25) is 9.59 Å². The second kappa shape index (κ2) is 8.74. The Bertz CT molecular complexity index is 576. The molecule has 1 aromatic carbocycles. The van der Waals surface area contributed by atoms with E-state index in [2.05, 4.69) is 10.6 Å². The minimum Gasteiger partial charge on any atom is -0.353 e. The van der Waals surface area contributed by atoms with Crippen LogP contribution < -0.4 is 15.5 Å². The highest BCUT2D eigenvalue weighted by Crippen LogP contribution is 2.27. The molecular formula is C17H24ClN3O2S. The maximum absolute atomic E-state index is 12.4. The number of nitrogens with one attached hydrogen (secondary N) is 2. The van der Waals surface area contributed by atoms with Crippen LogP contribution >= 0.6 is 24.2 Å². The van der Waals surface area contributed by atoms with Gasteiger partial charge in [0.25, 0.3) is 0 Å². The van der Waals surface area contributed by atoms with Crippen molar-refractivity contribution in [1.29, 1.82) is 0 Å². The van der Waals surface area contributed by atoms with Crippen LogP contribution in [0.1, 0.15) is 19.3 Å². The molecule has 5 nitrogen and oxygen atoms in total. The molecule has 1 atom stereocenters. The topological polar surface area (TPSA) is 61.4 Å². The summed E-state index contributed by atoms with van der Waals surface area (Å²) in [6.45, 7) is 2.37. The third-order valence-electron chi connectivity index (χ3n) is 4.57. The molecule has 2 N–H and O–H groups in total. The maximum Gasteiger partial charge on any atom is 0.227 e. The lowest BCUT2D eigenvalue weighted by Crippen LogP contribution is -2.45. The third-order valence-corrected chi connectivity index (χ3v) is 5.31. The van der Waals surface area contributed by atoms with Crippen LogP contribution in [0.3, 0.4) is 0 Å². The Balaban J connectivity index is 0.00000208. The number of rotatable bonds is 4. The van der Waals surface area contributed by atoms with Gasteiger partial charge in [0, 0.05) is 29.6 Å². The van der Waals surface area contributed by atoms with Crippen LogP contribution in [0.25, 0.3) is 0 Å². The normalized spacial score (nSPS) is 21.5. The number of benzene rings is 1. The van der Waals surface area contributed by atoms with E-state index in [0.29, 0.717) is 13.0 Å². The summed E-state index contributed by atoms with van der Waals surface area (Å²) in [4.78, 5) is 27.6. The molecule has 2 fully saturated rings. The second-order valence-electron chi connectivity index (χ2n) is 6.14. The number of halogens is 1. The summed E-state index contributed by atoms with van der Waals surface area (Å²) in [7, 11) is 0. The molecule has 0 radical (unpaired) electrons. The average Bonchev–Trinajstić information content (AvgIpc) is 2.98. The van der Waals surface area contributed by atoms with Gasteiger partial charge in [-0.25, -0.2) is 0 Å².